The highest BCUT2D eigenvalue weighted by atomic mass is 16.5. The van der Waals surface area contributed by atoms with Crippen molar-refractivity contribution >= 4 is 5.69 Å². The third kappa shape index (κ3) is 2.41. The first-order valence-electron chi connectivity index (χ1n) is 5.74. The maximum Gasteiger partial charge on any atom is 0.101 e. The zero-order valence-electron chi connectivity index (χ0n) is 9.89. The largest absolute Gasteiger partial charge is 0.392 e. The summed E-state index contributed by atoms with van der Waals surface area (Å²) in [4.78, 5) is 2.18. The second-order valence-corrected chi connectivity index (χ2v) is 4.24. The van der Waals surface area contributed by atoms with Gasteiger partial charge in [0.2, 0.25) is 0 Å². The number of hydrogen-bond acceptors (Lipinski definition) is 4. The van der Waals surface area contributed by atoms with Crippen LogP contribution in [0.2, 0.25) is 0 Å². The van der Waals surface area contributed by atoms with Crippen LogP contribution < -0.4 is 4.90 Å². The summed E-state index contributed by atoms with van der Waals surface area (Å²) >= 11 is 0. The number of hydrogen-bond donors (Lipinski definition) is 1. The molecule has 1 N–H and O–H groups in total. The van der Waals surface area contributed by atoms with Crippen molar-refractivity contribution in [2.45, 2.75) is 19.6 Å². The minimum atomic E-state index is -0.0341. The van der Waals surface area contributed by atoms with Crippen molar-refractivity contribution in [2.75, 3.05) is 24.7 Å². The predicted octanol–water partition coefficient (Wildman–Crippen LogP) is 1.28. The van der Waals surface area contributed by atoms with Gasteiger partial charge < -0.3 is 14.7 Å². The lowest BCUT2D eigenvalue weighted by Crippen LogP contribution is -2.44. The van der Waals surface area contributed by atoms with E-state index in [4.69, 9.17) is 15.1 Å². The van der Waals surface area contributed by atoms with Gasteiger partial charge >= 0.3 is 0 Å². The number of ether oxygens (including phenoxy) is 1. The third-order valence-corrected chi connectivity index (χ3v) is 3.04. The van der Waals surface area contributed by atoms with Crippen molar-refractivity contribution in [1.82, 2.24) is 0 Å². The van der Waals surface area contributed by atoms with E-state index < -0.39 is 0 Å². The summed E-state index contributed by atoms with van der Waals surface area (Å²) in [7, 11) is 0. The molecule has 1 aromatic carbocycles. The quantitative estimate of drug-likeness (QED) is 0.834. The summed E-state index contributed by atoms with van der Waals surface area (Å²) < 4.78 is 5.39. The zero-order valence-corrected chi connectivity index (χ0v) is 9.89. The van der Waals surface area contributed by atoms with Gasteiger partial charge in [-0.05, 0) is 24.6 Å². The van der Waals surface area contributed by atoms with E-state index in [0.29, 0.717) is 18.8 Å². The van der Waals surface area contributed by atoms with Crippen LogP contribution in [-0.4, -0.2) is 30.9 Å². The van der Waals surface area contributed by atoms with Gasteiger partial charge in [-0.25, -0.2) is 0 Å². The first-order valence-corrected chi connectivity index (χ1v) is 5.74. The summed E-state index contributed by atoms with van der Waals surface area (Å²) in [6.07, 6.45) is 0. The molecule has 0 saturated carbocycles. The molecule has 1 saturated heterocycles. The van der Waals surface area contributed by atoms with E-state index in [1.54, 1.807) is 6.07 Å². The molecule has 0 aliphatic carbocycles. The van der Waals surface area contributed by atoms with Gasteiger partial charge in [-0.1, -0.05) is 6.07 Å². The molecule has 1 aliphatic rings. The van der Waals surface area contributed by atoms with E-state index >= 15 is 0 Å². The van der Waals surface area contributed by atoms with Gasteiger partial charge in [-0.3, -0.25) is 0 Å². The monoisotopic (exact) mass is 232 g/mol. The highest BCUT2D eigenvalue weighted by Gasteiger charge is 2.21. The van der Waals surface area contributed by atoms with E-state index in [9.17, 15) is 0 Å². The fourth-order valence-corrected chi connectivity index (χ4v) is 2.11. The van der Waals surface area contributed by atoms with E-state index in [1.807, 2.05) is 12.1 Å². The van der Waals surface area contributed by atoms with Crippen LogP contribution in [0.15, 0.2) is 18.2 Å². The first kappa shape index (κ1) is 11.9. The third-order valence-electron chi connectivity index (χ3n) is 3.04. The van der Waals surface area contributed by atoms with Crippen LogP contribution in [0.3, 0.4) is 0 Å². The lowest BCUT2D eigenvalue weighted by atomic mass is 10.1. The highest BCUT2D eigenvalue weighted by molar-refractivity contribution is 5.61. The maximum absolute atomic E-state index is 9.17. The van der Waals surface area contributed by atoms with Crippen LogP contribution in [0.25, 0.3) is 0 Å². The molecule has 2 rings (SSSR count). The molecule has 0 amide bonds. The number of nitrogens with zero attached hydrogens (tertiary/aromatic N) is 2. The van der Waals surface area contributed by atoms with Crippen molar-refractivity contribution < 1.29 is 9.84 Å². The lowest BCUT2D eigenvalue weighted by Gasteiger charge is -2.35. The summed E-state index contributed by atoms with van der Waals surface area (Å²) in [6.45, 7) is 4.23. The van der Waals surface area contributed by atoms with Gasteiger partial charge in [0.1, 0.15) is 6.07 Å². The smallest absolute Gasteiger partial charge is 0.101 e. The van der Waals surface area contributed by atoms with Gasteiger partial charge in [-0.15, -0.1) is 0 Å². The standard InChI is InChI=1S/C13H16N2O2/c1-10-9-17-5-4-15(10)13-3-2-11(8-16)6-12(13)7-14/h2-3,6,10,16H,4-5,8-9H2,1H3. The Morgan fingerprint density at radius 2 is 2.41 bits per heavy atom. The minimum Gasteiger partial charge on any atom is -0.392 e. The molecule has 1 aliphatic heterocycles. The molecule has 0 aromatic heterocycles. The van der Waals surface area contributed by atoms with Gasteiger partial charge in [0.25, 0.3) is 0 Å². The van der Waals surface area contributed by atoms with Crippen LogP contribution in [0, 0.1) is 11.3 Å². The molecular formula is C13H16N2O2. The molecule has 1 atom stereocenters. The molecule has 1 heterocycles. The van der Waals surface area contributed by atoms with Crippen LogP contribution in [-0.2, 0) is 11.3 Å². The van der Waals surface area contributed by atoms with Gasteiger partial charge in [0.05, 0.1) is 31.1 Å². The van der Waals surface area contributed by atoms with Gasteiger partial charge in [-0.2, -0.15) is 5.26 Å². The Morgan fingerprint density at radius 3 is 3.06 bits per heavy atom. The Balaban J connectivity index is 2.34. The Hall–Kier alpha value is -1.57. The minimum absolute atomic E-state index is 0.0341. The second kappa shape index (κ2) is 5.17. The molecule has 17 heavy (non-hydrogen) atoms. The van der Waals surface area contributed by atoms with Crippen molar-refractivity contribution in [3.05, 3.63) is 29.3 Å². The number of benzene rings is 1. The summed E-state index contributed by atoms with van der Waals surface area (Å²) in [5, 5.41) is 18.2. The Labute approximate surface area is 101 Å². The molecule has 0 radical (unpaired) electrons. The number of anilines is 1. The summed E-state index contributed by atoms with van der Waals surface area (Å²) in [6, 6.07) is 7.98. The fraction of sp³-hybridized carbons (Fsp3) is 0.462. The van der Waals surface area contributed by atoms with Crippen LogP contribution >= 0.6 is 0 Å². The Bertz CT molecular complexity index is 440. The van der Waals surface area contributed by atoms with Crippen LogP contribution in [0.5, 0.6) is 0 Å². The van der Waals surface area contributed by atoms with Crippen LogP contribution in [0.1, 0.15) is 18.1 Å². The van der Waals surface area contributed by atoms with Crippen LogP contribution in [0.4, 0.5) is 5.69 Å². The molecule has 1 fully saturated rings. The van der Waals surface area contributed by atoms with E-state index in [0.717, 1.165) is 17.8 Å². The number of morpholine rings is 1. The Kier molecular flexibility index (Phi) is 3.62. The number of rotatable bonds is 2. The lowest BCUT2D eigenvalue weighted by molar-refractivity contribution is 0.0989. The van der Waals surface area contributed by atoms with Crippen molar-refractivity contribution in [3.63, 3.8) is 0 Å². The van der Waals surface area contributed by atoms with Gasteiger partial charge in [0.15, 0.2) is 0 Å². The molecule has 4 heteroatoms. The molecule has 0 spiro atoms. The van der Waals surface area contributed by atoms with E-state index in [2.05, 4.69) is 17.9 Å². The molecule has 1 aromatic rings. The van der Waals surface area contributed by atoms with E-state index in [1.165, 1.54) is 0 Å². The Morgan fingerprint density at radius 1 is 1.59 bits per heavy atom. The molecule has 90 valence electrons. The maximum atomic E-state index is 9.17. The average Bonchev–Trinajstić information content (AvgIpc) is 2.38. The first-order chi connectivity index (χ1) is 8.26. The number of aliphatic hydroxyl groups excluding tert-OH is 1. The SMILES string of the molecule is CC1COCCN1c1ccc(CO)cc1C#N. The molecular weight excluding hydrogens is 216 g/mol. The number of nitriles is 1. The topological polar surface area (TPSA) is 56.5 Å². The molecule has 0 bridgehead atoms. The second-order valence-electron chi connectivity index (χ2n) is 4.24. The van der Waals surface area contributed by atoms with E-state index in [-0.39, 0.29) is 12.6 Å². The summed E-state index contributed by atoms with van der Waals surface area (Å²) in [5.74, 6) is 0. The molecule has 1 unspecified atom stereocenters. The number of aliphatic hydroxyl groups is 1. The van der Waals surface area contributed by atoms with Crippen molar-refractivity contribution in [1.29, 1.82) is 5.26 Å². The highest BCUT2D eigenvalue weighted by Crippen LogP contribution is 2.25. The van der Waals surface area contributed by atoms with Crippen molar-refractivity contribution in [3.8, 4) is 6.07 Å². The fourth-order valence-electron chi connectivity index (χ4n) is 2.11. The molecule has 4 nitrogen and oxygen atoms in total. The normalized spacial score (nSPS) is 20.1. The predicted molar refractivity (Wildman–Crippen MR) is 64.7 cm³/mol. The van der Waals surface area contributed by atoms with Gasteiger partial charge in [0, 0.05) is 12.6 Å². The summed E-state index contributed by atoms with van der Waals surface area (Å²) in [5.41, 5.74) is 2.32. The van der Waals surface area contributed by atoms with Crippen molar-refractivity contribution in [2.24, 2.45) is 0 Å². The zero-order chi connectivity index (χ0) is 12.3. The average molecular weight is 232 g/mol.